The van der Waals surface area contributed by atoms with Crippen molar-refractivity contribution in [1.82, 2.24) is 10.2 Å². The van der Waals surface area contributed by atoms with Crippen LogP contribution in [0.1, 0.15) is 32.1 Å². The number of piperidine rings is 1. The molecule has 1 N–H and O–H groups in total. The Balaban J connectivity index is 1.57. The van der Waals surface area contributed by atoms with E-state index in [9.17, 15) is 4.79 Å². The van der Waals surface area contributed by atoms with E-state index in [1.165, 1.54) is 12.8 Å². The van der Waals surface area contributed by atoms with Gasteiger partial charge in [-0.25, -0.2) is 4.79 Å². The molecule has 2 fully saturated rings. The summed E-state index contributed by atoms with van der Waals surface area (Å²) in [6.07, 6.45) is 5.68. The lowest BCUT2D eigenvalue weighted by Crippen LogP contribution is -2.32. The topological polar surface area (TPSA) is 41.6 Å². The Bertz CT molecular complexity index is 221. The smallest absolute Gasteiger partial charge is 0.409 e. The van der Waals surface area contributed by atoms with E-state index in [-0.39, 0.29) is 6.09 Å². The highest BCUT2D eigenvalue weighted by Gasteiger charge is 2.19. The molecule has 0 saturated carbocycles. The molecular weight excluding hydrogens is 204 g/mol. The molecule has 16 heavy (non-hydrogen) atoms. The standard InChI is InChI=1S/C12H22N2O2/c15-12(14-7-1-2-8-14)16-9-5-11-4-3-6-13-10-11/h11,13H,1-10H2. The number of ether oxygens (including phenoxy) is 1. The number of nitrogens with one attached hydrogen (secondary N) is 1. The van der Waals surface area contributed by atoms with Gasteiger partial charge < -0.3 is 15.0 Å². The molecule has 4 nitrogen and oxygen atoms in total. The molecule has 92 valence electrons. The fourth-order valence-electron chi connectivity index (χ4n) is 2.47. The van der Waals surface area contributed by atoms with Gasteiger partial charge in [-0.1, -0.05) is 0 Å². The summed E-state index contributed by atoms with van der Waals surface area (Å²) in [4.78, 5) is 13.4. The van der Waals surface area contributed by atoms with Gasteiger partial charge in [-0.3, -0.25) is 0 Å². The molecule has 2 saturated heterocycles. The third-order valence-electron chi connectivity index (χ3n) is 3.51. The molecule has 2 rings (SSSR count). The van der Waals surface area contributed by atoms with Crippen molar-refractivity contribution in [2.45, 2.75) is 32.1 Å². The van der Waals surface area contributed by atoms with Crippen molar-refractivity contribution in [2.75, 3.05) is 32.8 Å². The van der Waals surface area contributed by atoms with Gasteiger partial charge >= 0.3 is 6.09 Å². The predicted molar refractivity (Wildman–Crippen MR) is 62.4 cm³/mol. The fourth-order valence-corrected chi connectivity index (χ4v) is 2.47. The van der Waals surface area contributed by atoms with Crippen LogP contribution in [0.2, 0.25) is 0 Å². The number of carbonyl (C=O) groups is 1. The largest absolute Gasteiger partial charge is 0.449 e. The SMILES string of the molecule is O=C(OCCC1CCCNC1)N1CCCC1. The van der Waals surface area contributed by atoms with Crippen molar-refractivity contribution in [3.63, 3.8) is 0 Å². The van der Waals surface area contributed by atoms with Gasteiger partial charge in [-0.2, -0.15) is 0 Å². The Hall–Kier alpha value is -0.770. The number of hydrogen-bond donors (Lipinski definition) is 1. The lowest BCUT2D eigenvalue weighted by atomic mass is 9.97. The summed E-state index contributed by atoms with van der Waals surface area (Å²) in [5.41, 5.74) is 0. The van der Waals surface area contributed by atoms with Gasteiger partial charge in [0.15, 0.2) is 0 Å². The number of nitrogens with zero attached hydrogens (tertiary/aromatic N) is 1. The van der Waals surface area contributed by atoms with Gasteiger partial charge in [0.2, 0.25) is 0 Å². The van der Waals surface area contributed by atoms with Gasteiger partial charge in [-0.15, -0.1) is 0 Å². The molecular formula is C12H22N2O2. The zero-order valence-electron chi connectivity index (χ0n) is 9.91. The Morgan fingerprint density at radius 2 is 2.12 bits per heavy atom. The normalized spacial score (nSPS) is 25.8. The minimum Gasteiger partial charge on any atom is -0.449 e. The van der Waals surface area contributed by atoms with Gasteiger partial charge in [0.25, 0.3) is 0 Å². The maximum atomic E-state index is 11.6. The number of rotatable bonds is 3. The van der Waals surface area contributed by atoms with Gasteiger partial charge in [0.1, 0.15) is 0 Å². The van der Waals surface area contributed by atoms with Crippen molar-refractivity contribution in [3.8, 4) is 0 Å². The maximum Gasteiger partial charge on any atom is 0.409 e. The van der Waals surface area contributed by atoms with Crippen LogP contribution in [0.25, 0.3) is 0 Å². The molecule has 0 aromatic carbocycles. The Morgan fingerprint density at radius 3 is 2.81 bits per heavy atom. The van der Waals surface area contributed by atoms with Crippen LogP contribution in [-0.4, -0.2) is 43.8 Å². The average molecular weight is 226 g/mol. The average Bonchev–Trinajstić information content (AvgIpc) is 2.84. The number of carbonyl (C=O) groups excluding carboxylic acids is 1. The molecule has 4 heteroatoms. The first-order valence-corrected chi connectivity index (χ1v) is 6.48. The van der Waals surface area contributed by atoms with Gasteiger partial charge in [0.05, 0.1) is 6.61 Å². The van der Waals surface area contributed by atoms with Crippen LogP contribution in [0, 0.1) is 5.92 Å². The summed E-state index contributed by atoms with van der Waals surface area (Å²) in [5.74, 6) is 0.695. The first-order chi connectivity index (χ1) is 7.86. The number of likely N-dealkylation sites (tertiary alicyclic amines) is 1. The van der Waals surface area contributed by atoms with Crippen molar-refractivity contribution in [2.24, 2.45) is 5.92 Å². The summed E-state index contributed by atoms with van der Waals surface area (Å²) in [6.45, 7) is 4.57. The summed E-state index contributed by atoms with van der Waals surface area (Å²) in [7, 11) is 0. The molecule has 0 aromatic heterocycles. The molecule has 2 aliphatic rings. The van der Waals surface area contributed by atoms with E-state index in [0.29, 0.717) is 12.5 Å². The first-order valence-electron chi connectivity index (χ1n) is 6.48. The van der Waals surface area contributed by atoms with E-state index in [2.05, 4.69) is 5.32 Å². The Morgan fingerprint density at radius 1 is 1.31 bits per heavy atom. The monoisotopic (exact) mass is 226 g/mol. The zero-order valence-corrected chi connectivity index (χ0v) is 9.91. The molecule has 1 unspecified atom stereocenters. The highest BCUT2D eigenvalue weighted by Crippen LogP contribution is 2.14. The number of amides is 1. The van der Waals surface area contributed by atoms with Crippen LogP contribution in [0.4, 0.5) is 4.79 Å². The van der Waals surface area contributed by atoms with Gasteiger partial charge in [-0.05, 0) is 51.1 Å². The summed E-state index contributed by atoms with van der Waals surface area (Å²) >= 11 is 0. The van der Waals surface area contributed by atoms with Crippen LogP contribution in [0.5, 0.6) is 0 Å². The maximum absolute atomic E-state index is 11.6. The van der Waals surface area contributed by atoms with Crippen LogP contribution in [0.3, 0.4) is 0 Å². The van der Waals surface area contributed by atoms with Crippen LogP contribution < -0.4 is 5.32 Å². The second-order valence-electron chi connectivity index (χ2n) is 4.81. The minimum atomic E-state index is -0.110. The highest BCUT2D eigenvalue weighted by atomic mass is 16.6. The number of hydrogen-bond acceptors (Lipinski definition) is 3. The zero-order chi connectivity index (χ0) is 11.2. The summed E-state index contributed by atoms with van der Waals surface area (Å²) in [5, 5.41) is 3.38. The molecule has 2 aliphatic heterocycles. The molecule has 0 bridgehead atoms. The highest BCUT2D eigenvalue weighted by molar-refractivity contribution is 5.67. The van der Waals surface area contributed by atoms with E-state index < -0.39 is 0 Å². The van der Waals surface area contributed by atoms with E-state index >= 15 is 0 Å². The third kappa shape index (κ3) is 3.37. The van der Waals surface area contributed by atoms with E-state index in [0.717, 1.165) is 45.4 Å². The third-order valence-corrected chi connectivity index (χ3v) is 3.51. The predicted octanol–water partition coefficient (Wildman–Crippen LogP) is 1.61. The van der Waals surface area contributed by atoms with Crippen molar-refractivity contribution < 1.29 is 9.53 Å². The van der Waals surface area contributed by atoms with Crippen molar-refractivity contribution in [3.05, 3.63) is 0 Å². The minimum absolute atomic E-state index is 0.110. The lowest BCUT2D eigenvalue weighted by Gasteiger charge is -2.23. The van der Waals surface area contributed by atoms with E-state index in [1.54, 1.807) is 0 Å². The quantitative estimate of drug-likeness (QED) is 0.795. The molecule has 0 aromatic rings. The lowest BCUT2D eigenvalue weighted by molar-refractivity contribution is 0.103. The van der Waals surface area contributed by atoms with Crippen LogP contribution in [0.15, 0.2) is 0 Å². The van der Waals surface area contributed by atoms with Gasteiger partial charge in [0, 0.05) is 13.1 Å². The van der Waals surface area contributed by atoms with Crippen molar-refractivity contribution >= 4 is 6.09 Å². The van der Waals surface area contributed by atoms with Crippen LogP contribution >= 0.6 is 0 Å². The van der Waals surface area contributed by atoms with E-state index in [4.69, 9.17) is 4.74 Å². The molecule has 0 radical (unpaired) electrons. The second-order valence-corrected chi connectivity index (χ2v) is 4.81. The molecule has 1 amide bonds. The first kappa shape index (κ1) is 11.7. The summed E-state index contributed by atoms with van der Waals surface area (Å²) in [6, 6.07) is 0. The fraction of sp³-hybridized carbons (Fsp3) is 0.917. The second kappa shape index (κ2) is 6.09. The molecule has 0 aliphatic carbocycles. The summed E-state index contributed by atoms with van der Waals surface area (Å²) < 4.78 is 5.29. The Kier molecular flexibility index (Phi) is 4.45. The van der Waals surface area contributed by atoms with E-state index in [1.807, 2.05) is 4.90 Å². The Labute approximate surface area is 97.3 Å². The van der Waals surface area contributed by atoms with Crippen molar-refractivity contribution in [1.29, 1.82) is 0 Å². The van der Waals surface area contributed by atoms with Crippen LogP contribution in [-0.2, 0) is 4.74 Å². The molecule has 1 atom stereocenters. The molecule has 2 heterocycles. The molecule has 0 spiro atoms.